The number of aromatic hydroxyl groups is 2. The first-order chi connectivity index (χ1) is 13.5. The van der Waals surface area contributed by atoms with Crippen LogP contribution in [0.25, 0.3) is 5.57 Å². The molecule has 1 fully saturated rings. The standard InChI is InChI=1S/C25H36O4/c1-6-7-8-9-11-23(2,3)16-13-19(26)21(20(27)14-16)17-15-25(22(28)29)12-10-18(17)24(25,4)5/h13-15,18,26-27H,6-12H2,1-5H3,(H,28,29). The van der Waals surface area contributed by atoms with E-state index >= 15 is 0 Å². The van der Waals surface area contributed by atoms with Gasteiger partial charge in [-0.15, -0.1) is 0 Å². The van der Waals surface area contributed by atoms with Crippen LogP contribution in [0.2, 0.25) is 0 Å². The largest absolute Gasteiger partial charge is 0.507 e. The lowest BCUT2D eigenvalue weighted by Crippen LogP contribution is -2.37. The second kappa shape index (κ2) is 7.37. The second-order valence-electron chi connectivity index (χ2n) is 10.3. The fourth-order valence-electron chi connectivity index (χ4n) is 5.66. The van der Waals surface area contributed by atoms with Crippen LogP contribution in [0.1, 0.15) is 90.7 Å². The molecule has 1 saturated carbocycles. The van der Waals surface area contributed by atoms with Gasteiger partial charge in [-0.1, -0.05) is 66.4 Å². The van der Waals surface area contributed by atoms with Crippen molar-refractivity contribution in [3.8, 4) is 11.5 Å². The number of hydrogen-bond donors (Lipinski definition) is 3. The van der Waals surface area contributed by atoms with E-state index in [9.17, 15) is 20.1 Å². The van der Waals surface area contributed by atoms with Crippen molar-refractivity contribution in [1.29, 1.82) is 0 Å². The Hall–Kier alpha value is -1.97. The van der Waals surface area contributed by atoms with E-state index in [2.05, 4.69) is 20.8 Å². The average molecular weight is 401 g/mol. The molecule has 0 amide bonds. The molecule has 2 unspecified atom stereocenters. The van der Waals surface area contributed by atoms with E-state index in [1.165, 1.54) is 19.3 Å². The van der Waals surface area contributed by atoms with Gasteiger partial charge in [0.2, 0.25) is 0 Å². The Morgan fingerprint density at radius 1 is 1.14 bits per heavy atom. The third-order valence-electron chi connectivity index (χ3n) is 7.83. The molecule has 2 aliphatic carbocycles. The van der Waals surface area contributed by atoms with Crippen LogP contribution in [-0.2, 0) is 10.2 Å². The van der Waals surface area contributed by atoms with Crippen molar-refractivity contribution in [2.75, 3.05) is 0 Å². The van der Waals surface area contributed by atoms with Gasteiger partial charge in [0.25, 0.3) is 0 Å². The quantitative estimate of drug-likeness (QED) is 0.451. The third-order valence-corrected chi connectivity index (χ3v) is 7.83. The van der Waals surface area contributed by atoms with E-state index in [-0.39, 0.29) is 22.8 Å². The summed E-state index contributed by atoms with van der Waals surface area (Å²) in [6.45, 7) is 10.5. The van der Waals surface area contributed by atoms with Crippen molar-refractivity contribution in [3.05, 3.63) is 29.3 Å². The maximum Gasteiger partial charge on any atom is 0.314 e. The molecule has 3 N–H and O–H groups in total. The number of carboxylic acid groups (broad SMARTS) is 1. The summed E-state index contributed by atoms with van der Waals surface area (Å²) in [5, 5.41) is 31.7. The molecule has 0 saturated heterocycles. The van der Waals surface area contributed by atoms with Gasteiger partial charge in [-0.25, -0.2) is 0 Å². The normalized spacial score (nSPS) is 25.3. The number of rotatable bonds is 8. The highest BCUT2D eigenvalue weighted by Crippen LogP contribution is 2.67. The SMILES string of the molecule is CCCCCCC(C)(C)c1cc(O)c(C2=CC3(C(=O)O)CCC2C3(C)C)c(O)c1. The Morgan fingerprint density at radius 2 is 1.76 bits per heavy atom. The summed E-state index contributed by atoms with van der Waals surface area (Å²) >= 11 is 0. The Kier molecular flexibility index (Phi) is 5.53. The van der Waals surface area contributed by atoms with Crippen molar-refractivity contribution in [2.24, 2.45) is 16.7 Å². The first-order valence-electron chi connectivity index (χ1n) is 11.0. The van der Waals surface area contributed by atoms with Crippen LogP contribution in [-0.4, -0.2) is 21.3 Å². The number of benzene rings is 1. The topological polar surface area (TPSA) is 77.8 Å². The molecule has 0 aliphatic heterocycles. The first-order valence-corrected chi connectivity index (χ1v) is 11.0. The van der Waals surface area contributed by atoms with Gasteiger partial charge in [0, 0.05) is 0 Å². The summed E-state index contributed by atoms with van der Waals surface area (Å²) in [6, 6.07) is 3.53. The van der Waals surface area contributed by atoms with Crippen LogP contribution in [0.15, 0.2) is 18.2 Å². The zero-order chi connectivity index (χ0) is 21.6. The molecule has 4 nitrogen and oxygen atoms in total. The van der Waals surface area contributed by atoms with E-state index in [1.807, 2.05) is 13.8 Å². The van der Waals surface area contributed by atoms with Crippen molar-refractivity contribution < 1.29 is 20.1 Å². The molecule has 2 aliphatic rings. The average Bonchev–Trinajstić information content (AvgIpc) is 3.02. The summed E-state index contributed by atoms with van der Waals surface area (Å²) in [6.07, 6.45) is 8.88. The molecular formula is C25H36O4. The number of unbranched alkanes of at least 4 members (excludes halogenated alkanes) is 3. The molecule has 160 valence electrons. The van der Waals surface area contributed by atoms with Gasteiger partial charge in [-0.2, -0.15) is 0 Å². The van der Waals surface area contributed by atoms with E-state index in [0.29, 0.717) is 12.0 Å². The van der Waals surface area contributed by atoms with Gasteiger partial charge >= 0.3 is 5.97 Å². The number of aliphatic carboxylic acids is 1. The molecule has 0 heterocycles. The Morgan fingerprint density at radius 3 is 2.28 bits per heavy atom. The van der Waals surface area contributed by atoms with Crippen LogP contribution in [0, 0.1) is 16.7 Å². The summed E-state index contributed by atoms with van der Waals surface area (Å²) in [5.41, 5.74) is 0.602. The van der Waals surface area contributed by atoms with Crippen LogP contribution in [0.4, 0.5) is 0 Å². The first kappa shape index (κ1) is 21.7. The molecule has 2 atom stereocenters. The lowest BCUT2D eigenvalue weighted by molar-refractivity contribution is -0.150. The summed E-state index contributed by atoms with van der Waals surface area (Å²) in [5.74, 6) is -0.694. The summed E-state index contributed by atoms with van der Waals surface area (Å²) < 4.78 is 0. The third kappa shape index (κ3) is 3.35. The number of hydrogen-bond acceptors (Lipinski definition) is 3. The summed E-state index contributed by atoms with van der Waals surface area (Å²) in [4.78, 5) is 12.1. The highest BCUT2D eigenvalue weighted by atomic mass is 16.4. The molecule has 29 heavy (non-hydrogen) atoms. The van der Waals surface area contributed by atoms with Crippen LogP contribution < -0.4 is 0 Å². The van der Waals surface area contributed by atoms with Crippen molar-refractivity contribution in [1.82, 2.24) is 0 Å². The predicted octanol–water partition coefficient (Wildman–Crippen LogP) is 6.25. The zero-order valence-electron chi connectivity index (χ0n) is 18.5. The van der Waals surface area contributed by atoms with Gasteiger partial charge in [0.15, 0.2) is 0 Å². The molecule has 4 heteroatoms. The molecule has 0 radical (unpaired) electrons. The van der Waals surface area contributed by atoms with E-state index < -0.39 is 16.8 Å². The highest BCUT2D eigenvalue weighted by molar-refractivity contribution is 5.90. The molecule has 3 rings (SSSR count). The van der Waals surface area contributed by atoms with Crippen LogP contribution >= 0.6 is 0 Å². The molecule has 2 bridgehead atoms. The van der Waals surface area contributed by atoms with Gasteiger partial charge in [-0.3, -0.25) is 4.79 Å². The van der Waals surface area contributed by atoms with Crippen molar-refractivity contribution in [2.45, 2.75) is 85.0 Å². The number of allylic oxidation sites excluding steroid dienone is 1. The van der Waals surface area contributed by atoms with E-state index in [0.717, 1.165) is 30.4 Å². The van der Waals surface area contributed by atoms with Crippen molar-refractivity contribution >= 4 is 11.5 Å². The minimum Gasteiger partial charge on any atom is -0.507 e. The fraction of sp³-hybridized carbons (Fsp3) is 0.640. The minimum atomic E-state index is -0.927. The number of carboxylic acids is 1. The lowest BCUT2D eigenvalue weighted by atomic mass is 9.69. The fourth-order valence-corrected chi connectivity index (χ4v) is 5.66. The number of phenols is 2. The second-order valence-corrected chi connectivity index (χ2v) is 10.3. The molecule has 1 aromatic carbocycles. The Bertz CT molecular complexity index is 810. The highest BCUT2D eigenvalue weighted by Gasteiger charge is 2.63. The molecular weight excluding hydrogens is 364 g/mol. The molecule has 1 aromatic rings. The van der Waals surface area contributed by atoms with Gasteiger partial charge in [0.1, 0.15) is 11.5 Å². The number of phenolic OH excluding ortho intramolecular Hbond substituents is 2. The monoisotopic (exact) mass is 400 g/mol. The van der Waals surface area contributed by atoms with Gasteiger partial charge < -0.3 is 15.3 Å². The number of fused-ring (bicyclic) bond motifs is 2. The van der Waals surface area contributed by atoms with E-state index in [4.69, 9.17) is 0 Å². The van der Waals surface area contributed by atoms with Crippen LogP contribution in [0.3, 0.4) is 0 Å². The van der Waals surface area contributed by atoms with Crippen LogP contribution in [0.5, 0.6) is 11.5 Å². The lowest BCUT2D eigenvalue weighted by Gasteiger charge is -2.33. The molecule has 0 spiro atoms. The maximum absolute atomic E-state index is 12.1. The predicted molar refractivity (Wildman–Crippen MR) is 116 cm³/mol. The molecule has 0 aromatic heterocycles. The van der Waals surface area contributed by atoms with Crippen molar-refractivity contribution in [3.63, 3.8) is 0 Å². The zero-order valence-corrected chi connectivity index (χ0v) is 18.5. The minimum absolute atomic E-state index is 0.0169. The maximum atomic E-state index is 12.1. The smallest absolute Gasteiger partial charge is 0.314 e. The van der Waals surface area contributed by atoms with Gasteiger partial charge in [0.05, 0.1) is 11.0 Å². The Balaban J connectivity index is 1.95. The number of carbonyl (C=O) groups is 1. The summed E-state index contributed by atoms with van der Waals surface area (Å²) in [7, 11) is 0. The Labute approximate surface area is 174 Å². The van der Waals surface area contributed by atoms with Gasteiger partial charge in [-0.05, 0) is 59.3 Å². The van der Waals surface area contributed by atoms with E-state index in [1.54, 1.807) is 18.2 Å².